The molecule has 76 valence electrons. The van der Waals surface area contributed by atoms with Crippen LogP contribution in [0.2, 0.25) is 0 Å². The summed E-state index contributed by atoms with van der Waals surface area (Å²) < 4.78 is 0. The van der Waals surface area contributed by atoms with E-state index in [1.807, 2.05) is 30.3 Å². The molecule has 0 heterocycles. The topological polar surface area (TPSA) is 33.7 Å². The van der Waals surface area contributed by atoms with Gasteiger partial charge in [0, 0.05) is 5.56 Å². The molecule has 0 aliphatic carbocycles. The summed E-state index contributed by atoms with van der Waals surface area (Å²) >= 11 is 5.52. The van der Waals surface area contributed by atoms with Crippen molar-refractivity contribution >= 4 is 17.4 Å². The van der Waals surface area contributed by atoms with Gasteiger partial charge in [0.05, 0.1) is 25.4 Å². The Bertz CT molecular complexity index is 274. The first kappa shape index (κ1) is 11.2. The molecule has 0 atom stereocenters. The monoisotopic (exact) mass is 212 g/mol. The van der Waals surface area contributed by atoms with Crippen LogP contribution < -0.4 is 5.32 Å². The van der Waals surface area contributed by atoms with E-state index in [9.17, 15) is 4.79 Å². The number of ketones is 1. The number of alkyl halides is 1. The molecular weight excluding hydrogens is 198 g/mol. The highest BCUT2D eigenvalue weighted by atomic mass is 35.5. The van der Waals surface area contributed by atoms with Crippen LogP contribution in [0.15, 0.2) is 30.3 Å². The minimum Gasteiger partial charge on any atom is -0.345 e. The molecule has 0 aliphatic heterocycles. The number of quaternary nitrogens is 1. The van der Waals surface area contributed by atoms with Gasteiger partial charge in [-0.1, -0.05) is 30.3 Å². The standard InChI is InChI=1S/C11H14ClNO/c12-7-9-13-8-6-11(14)10-4-2-1-3-5-10/h1-5,13H,6-9H2/p+1. The van der Waals surface area contributed by atoms with Crippen LogP contribution >= 0.6 is 11.6 Å². The number of Topliss-reactive ketones (excluding diaryl/α,β-unsaturated/α-hetero) is 1. The largest absolute Gasteiger partial charge is 0.345 e. The number of carbonyl (C=O) groups is 1. The summed E-state index contributed by atoms with van der Waals surface area (Å²) in [5.41, 5.74) is 0.798. The lowest BCUT2D eigenvalue weighted by molar-refractivity contribution is -0.649. The van der Waals surface area contributed by atoms with Crippen molar-refractivity contribution in [1.82, 2.24) is 0 Å². The van der Waals surface area contributed by atoms with Crippen molar-refractivity contribution in [1.29, 1.82) is 0 Å². The summed E-state index contributed by atoms with van der Waals surface area (Å²) in [6, 6.07) is 9.38. The second kappa shape index (κ2) is 6.57. The summed E-state index contributed by atoms with van der Waals surface area (Å²) in [5, 5.41) is 2.06. The van der Waals surface area contributed by atoms with Gasteiger partial charge in [-0.2, -0.15) is 0 Å². The molecule has 0 aliphatic rings. The third-order valence-electron chi connectivity index (χ3n) is 1.98. The normalized spacial score (nSPS) is 10.1. The molecular formula is C11H15ClNO+. The molecule has 0 fully saturated rings. The van der Waals surface area contributed by atoms with Crippen molar-refractivity contribution < 1.29 is 10.1 Å². The molecule has 0 saturated heterocycles. The van der Waals surface area contributed by atoms with Crippen LogP contribution in [0.4, 0.5) is 0 Å². The van der Waals surface area contributed by atoms with Crippen LogP contribution in [0.3, 0.4) is 0 Å². The second-order valence-electron chi connectivity index (χ2n) is 3.09. The van der Waals surface area contributed by atoms with Crippen molar-refractivity contribution in [2.45, 2.75) is 6.42 Å². The highest BCUT2D eigenvalue weighted by Gasteiger charge is 2.04. The highest BCUT2D eigenvalue weighted by molar-refractivity contribution is 6.17. The Morgan fingerprint density at radius 1 is 1.21 bits per heavy atom. The first-order chi connectivity index (χ1) is 6.84. The molecule has 0 bridgehead atoms. The fourth-order valence-corrected chi connectivity index (χ4v) is 1.38. The van der Waals surface area contributed by atoms with Crippen molar-refractivity contribution in [3.05, 3.63) is 35.9 Å². The van der Waals surface area contributed by atoms with Gasteiger partial charge < -0.3 is 5.32 Å². The molecule has 0 spiro atoms. The maximum absolute atomic E-state index is 11.6. The number of nitrogens with two attached hydrogens (primary N) is 1. The second-order valence-corrected chi connectivity index (χ2v) is 3.47. The Balaban J connectivity index is 2.29. The molecule has 1 rings (SSSR count). The van der Waals surface area contributed by atoms with Gasteiger partial charge >= 0.3 is 0 Å². The zero-order valence-electron chi connectivity index (χ0n) is 8.08. The lowest BCUT2D eigenvalue weighted by Gasteiger charge is -1.99. The fourth-order valence-electron chi connectivity index (χ4n) is 1.22. The Kier molecular flexibility index (Phi) is 5.27. The van der Waals surface area contributed by atoms with Gasteiger partial charge in [0.1, 0.15) is 0 Å². The number of hydrogen-bond donors (Lipinski definition) is 1. The number of hydrogen-bond acceptors (Lipinski definition) is 1. The molecule has 14 heavy (non-hydrogen) atoms. The van der Waals surface area contributed by atoms with E-state index in [2.05, 4.69) is 5.32 Å². The van der Waals surface area contributed by atoms with Gasteiger partial charge in [-0.25, -0.2) is 0 Å². The molecule has 1 aromatic rings. The molecule has 0 aromatic heterocycles. The van der Waals surface area contributed by atoms with E-state index >= 15 is 0 Å². The van der Waals surface area contributed by atoms with Crippen LogP contribution in [0, 0.1) is 0 Å². The highest BCUT2D eigenvalue weighted by Crippen LogP contribution is 2.01. The molecule has 0 unspecified atom stereocenters. The van der Waals surface area contributed by atoms with Gasteiger partial charge in [-0.15, -0.1) is 11.6 Å². The molecule has 0 amide bonds. The van der Waals surface area contributed by atoms with E-state index in [1.54, 1.807) is 0 Å². The Morgan fingerprint density at radius 3 is 2.57 bits per heavy atom. The van der Waals surface area contributed by atoms with Gasteiger partial charge in [-0.05, 0) is 0 Å². The van der Waals surface area contributed by atoms with Gasteiger partial charge in [-0.3, -0.25) is 4.79 Å². The van der Waals surface area contributed by atoms with E-state index in [1.165, 1.54) is 0 Å². The Morgan fingerprint density at radius 2 is 1.93 bits per heavy atom. The van der Waals surface area contributed by atoms with Crippen molar-refractivity contribution in [2.75, 3.05) is 19.0 Å². The van der Waals surface area contributed by atoms with E-state index in [0.717, 1.165) is 18.7 Å². The van der Waals surface area contributed by atoms with E-state index in [-0.39, 0.29) is 5.78 Å². The lowest BCUT2D eigenvalue weighted by atomic mass is 10.1. The summed E-state index contributed by atoms with van der Waals surface area (Å²) in [6.07, 6.45) is 0.584. The molecule has 3 heteroatoms. The van der Waals surface area contributed by atoms with E-state index in [0.29, 0.717) is 12.3 Å². The third kappa shape index (κ3) is 3.90. The zero-order chi connectivity index (χ0) is 10.2. The minimum atomic E-state index is 0.205. The predicted octanol–water partition coefficient (Wildman–Crippen LogP) is 1.06. The average Bonchev–Trinajstić information content (AvgIpc) is 2.25. The smallest absolute Gasteiger partial charge is 0.168 e. The molecule has 2 N–H and O–H groups in total. The van der Waals surface area contributed by atoms with Crippen molar-refractivity contribution in [2.24, 2.45) is 0 Å². The summed E-state index contributed by atoms with van der Waals surface area (Å²) in [4.78, 5) is 11.6. The lowest BCUT2D eigenvalue weighted by Crippen LogP contribution is -2.85. The maximum atomic E-state index is 11.6. The number of rotatable bonds is 6. The number of benzene rings is 1. The zero-order valence-corrected chi connectivity index (χ0v) is 8.83. The first-order valence-corrected chi connectivity index (χ1v) is 5.34. The molecule has 1 aromatic carbocycles. The van der Waals surface area contributed by atoms with Crippen molar-refractivity contribution in [3.63, 3.8) is 0 Å². The van der Waals surface area contributed by atoms with Crippen LogP contribution in [0.1, 0.15) is 16.8 Å². The quantitative estimate of drug-likeness (QED) is 0.427. The predicted molar refractivity (Wildman–Crippen MR) is 57.8 cm³/mol. The van der Waals surface area contributed by atoms with Gasteiger partial charge in [0.15, 0.2) is 5.78 Å². The Hall–Kier alpha value is -0.860. The minimum absolute atomic E-state index is 0.205. The Labute approximate surface area is 89.3 Å². The van der Waals surface area contributed by atoms with Crippen molar-refractivity contribution in [3.8, 4) is 0 Å². The van der Waals surface area contributed by atoms with Crippen LogP contribution in [-0.2, 0) is 0 Å². The molecule has 2 nitrogen and oxygen atoms in total. The van der Waals surface area contributed by atoms with Crippen LogP contribution in [0.25, 0.3) is 0 Å². The number of carbonyl (C=O) groups excluding carboxylic acids is 1. The SMILES string of the molecule is O=C(CC[NH2+]CCCl)c1ccccc1. The average molecular weight is 213 g/mol. The van der Waals surface area contributed by atoms with Gasteiger partial charge in [0.2, 0.25) is 0 Å². The summed E-state index contributed by atoms with van der Waals surface area (Å²) in [7, 11) is 0. The third-order valence-corrected chi connectivity index (χ3v) is 2.20. The summed E-state index contributed by atoms with van der Waals surface area (Å²) in [5.74, 6) is 0.843. The number of halogens is 1. The summed E-state index contributed by atoms with van der Waals surface area (Å²) in [6.45, 7) is 1.70. The first-order valence-electron chi connectivity index (χ1n) is 4.80. The molecule has 0 saturated carbocycles. The molecule has 0 radical (unpaired) electrons. The van der Waals surface area contributed by atoms with E-state index in [4.69, 9.17) is 11.6 Å². The fraction of sp³-hybridized carbons (Fsp3) is 0.364. The van der Waals surface area contributed by atoms with E-state index < -0.39 is 0 Å². The maximum Gasteiger partial charge on any atom is 0.168 e. The van der Waals surface area contributed by atoms with Crippen LogP contribution in [0.5, 0.6) is 0 Å². The van der Waals surface area contributed by atoms with Gasteiger partial charge in [0.25, 0.3) is 0 Å². The van der Waals surface area contributed by atoms with Crippen LogP contribution in [-0.4, -0.2) is 24.8 Å².